The number of carbonyl (C=O) groups is 2. The molecule has 0 aromatic heterocycles. The number of amides is 1. The van der Waals surface area contributed by atoms with Crippen LogP contribution < -0.4 is 16.2 Å². The molecule has 5 nitrogen and oxygen atoms in total. The van der Waals surface area contributed by atoms with E-state index in [9.17, 15) is 9.59 Å². The minimum absolute atomic E-state index is 0.139. The molecule has 0 spiro atoms. The second-order valence-corrected chi connectivity index (χ2v) is 10.5. The molecule has 0 radical (unpaired) electrons. The van der Waals surface area contributed by atoms with Gasteiger partial charge in [-0.2, -0.15) is 0 Å². The fourth-order valence-corrected chi connectivity index (χ4v) is 5.15. The van der Waals surface area contributed by atoms with Gasteiger partial charge in [-0.1, -0.05) is 57.0 Å². The van der Waals surface area contributed by atoms with Gasteiger partial charge >= 0.3 is 0 Å². The molecule has 1 heterocycles. The minimum atomic E-state index is 0.139. The molecule has 0 bridgehead atoms. The van der Waals surface area contributed by atoms with Gasteiger partial charge in [-0.15, -0.1) is 0 Å². The molecule has 2 aromatic carbocycles. The third-order valence-electron chi connectivity index (χ3n) is 7.09. The molecule has 3 rings (SSSR count). The number of carbonyl (C=O) groups excluding carboxylic acids is 2. The van der Waals surface area contributed by atoms with Crippen LogP contribution in [0, 0.1) is 5.41 Å². The normalized spacial score (nSPS) is 17.1. The molecule has 1 aliphatic heterocycles. The molecule has 1 amide bonds. The van der Waals surface area contributed by atoms with Crippen LogP contribution in [0.2, 0.25) is 0 Å². The Labute approximate surface area is 205 Å². The van der Waals surface area contributed by atoms with E-state index in [1.165, 1.54) is 40.8 Å². The van der Waals surface area contributed by atoms with Crippen LogP contribution in [0.25, 0.3) is 11.1 Å². The molecule has 0 fully saturated rings. The second kappa shape index (κ2) is 12.7. The first-order valence-electron chi connectivity index (χ1n) is 12.8. The van der Waals surface area contributed by atoms with Gasteiger partial charge in [0.1, 0.15) is 6.29 Å². The third kappa shape index (κ3) is 7.42. The number of benzene rings is 2. The van der Waals surface area contributed by atoms with Crippen molar-refractivity contribution in [3.05, 3.63) is 53.6 Å². The third-order valence-corrected chi connectivity index (χ3v) is 7.09. The maximum Gasteiger partial charge on any atom is 0.221 e. The lowest BCUT2D eigenvalue weighted by atomic mass is 9.75. The number of aryl methyl sites for hydroxylation is 1. The van der Waals surface area contributed by atoms with E-state index in [1.54, 1.807) is 0 Å². The summed E-state index contributed by atoms with van der Waals surface area (Å²) >= 11 is 0. The topological polar surface area (TPSA) is 70.2 Å². The van der Waals surface area contributed by atoms with Crippen LogP contribution in [0.3, 0.4) is 0 Å². The van der Waals surface area contributed by atoms with Crippen molar-refractivity contribution in [2.75, 3.05) is 11.9 Å². The number of fused-ring (bicyclic) bond motifs is 1. The highest BCUT2D eigenvalue weighted by Crippen LogP contribution is 2.45. The van der Waals surface area contributed by atoms with Gasteiger partial charge in [0.25, 0.3) is 0 Å². The van der Waals surface area contributed by atoms with E-state index in [0.717, 1.165) is 44.9 Å². The van der Waals surface area contributed by atoms with E-state index in [-0.39, 0.29) is 5.41 Å². The van der Waals surface area contributed by atoms with Crippen molar-refractivity contribution < 1.29 is 9.59 Å². The Kier molecular flexibility index (Phi) is 9.70. The van der Waals surface area contributed by atoms with Gasteiger partial charge in [-0.05, 0) is 78.8 Å². The van der Waals surface area contributed by atoms with Crippen LogP contribution >= 0.6 is 0 Å². The monoisotopic (exact) mass is 463 g/mol. The number of hydrazine groups is 1. The Bertz CT molecular complexity index is 941. The minimum Gasteiger partial charge on any atom is -0.382 e. The zero-order valence-corrected chi connectivity index (χ0v) is 21.0. The van der Waals surface area contributed by atoms with Crippen LogP contribution in [0.4, 0.5) is 5.69 Å². The molecule has 0 saturated carbocycles. The highest BCUT2D eigenvalue weighted by atomic mass is 16.1. The van der Waals surface area contributed by atoms with Crippen molar-refractivity contribution in [2.45, 2.75) is 84.1 Å². The Balaban J connectivity index is 1.62. The lowest BCUT2D eigenvalue weighted by Crippen LogP contribution is -2.30. The van der Waals surface area contributed by atoms with Crippen LogP contribution in [-0.4, -0.2) is 25.3 Å². The fourth-order valence-electron chi connectivity index (χ4n) is 5.15. The van der Waals surface area contributed by atoms with Gasteiger partial charge in [0.05, 0.1) is 0 Å². The van der Waals surface area contributed by atoms with Crippen LogP contribution in [0.5, 0.6) is 0 Å². The van der Waals surface area contributed by atoms with Crippen molar-refractivity contribution in [3.8, 4) is 11.1 Å². The quantitative estimate of drug-likeness (QED) is 0.172. The van der Waals surface area contributed by atoms with E-state index < -0.39 is 0 Å². The Morgan fingerprint density at radius 2 is 1.79 bits per heavy atom. The average molecular weight is 464 g/mol. The molecule has 1 aliphatic rings. The maximum absolute atomic E-state index is 10.9. The van der Waals surface area contributed by atoms with Crippen LogP contribution in [0.1, 0.15) is 82.8 Å². The van der Waals surface area contributed by atoms with Crippen LogP contribution in [0.15, 0.2) is 42.5 Å². The summed E-state index contributed by atoms with van der Waals surface area (Å²) in [4.78, 5) is 21.1. The van der Waals surface area contributed by atoms with Gasteiger partial charge in [-0.3, -0.25) is 10.2 Å². The summed E-state index contributed by atoms with van der Waals surface area (Å²) in [5.74, 6) is 0.455. The summed E-state index contributed by atoms with van der Waals surface area (Å²) in [7, 11) is 0. The van der Waals surface area contributed by atoms with Crippen molar-refractivity contribution in [2.24, 2.45) is 5.41 Å². The van der Waals surface area contributed by atoms with Gasteiger partial charge in [-0.25, -0.2) is 5.43 Å². The number of nitrogens with one attached hydrogen (secondary N) is 3. The SMILES string of the molecule is CC1Nc2ccc(-c3cccc(CCCCCCNNC=O)c3)cc2C1CC(C)(C)CCC=O. The van der Waals surface area contributed by atoms with Crippen molar-refractivity contribution in [3.63, 3.8) is 0 Å². The summed E-state index contributed by atoms with van der Waals surface area (Å²) in [5, 5.41) is 3.68. The number of anilines is 1. The lowest BCUT2D eigenvalue weighted by Gasteiger charge is -2.29. The number of aldehydes is 1. The van der Waals surface area contributed by atoms with Crippen molar-refractivity contribution >= 4 is 18.4 Å². The number of hydrogen-bond acceptors (Lipinski definition) is 4. The Morgan fingerprint density at radius 3 is 2.59 bits per heavy atom. The largest absolute Gasteiger partial charge is 0.382 e. The lowest BCUT2D eigenvalue weighted by molar-refractivity contribution is -0.110. The maximum atomic E-state index is 10.9. The summed E-state index contributed by atoms with van der Waals surface area (Å²) in [6.45, 7) is 7.66. The zero-order valence-electron chi connectivity index (χ0n) is 21.0. The summed E-state index contributed by atoms with van der Waals surface area (Å²) in [6.07, 6.45) is 10.0. The van der Waals surface area contributed by atoms with Gasteiger partial charge in [0, 0.05) is 30.6 Å². The molecule has 2 aromatic rings. The predicted molar refractivity (Wildman–Crippen MR) is 141 cm³/mol. The van der Waals surface area contributed by atoms with E-state index in [1.807, 2.05) is 0 Å². The highest BCUT2D eigenvalue weighted by molar-refractivity contribution is 5.71. The number of rotatable bonds is 15. The smallest absolute Gasteiger partial charge is 0.221 e. The molecular weight excluding hydrogens is 422 g/mol. The second-order valence-electron chi connectivity index (χ2n) is 10.5. The first-order chi connectivity index (χ1) is 16.4. The predicted octanol–water partition coefficient (Wildman–Crippen LogP) is 6.00. The number of unbranched alkanes of at least 4 members (excludes halogenated alkanes) is 3. The molecule has 0 aliphatic carbocycles. The summed E-state index contributed by atoms with van der Waals surface area (Å²) < 4.78 is 0. The van der Waals surface area contributed by atoms with E-state index in [4.69, 9.17) is 0 Å². The fraction of sp³-hybridized carbons (Fsp3) is 0.517. The van der Waals surface area contributed by atoms with Gasteiger partial charge < -0.3 is 10.1 Å². The van der Waals surface area contributed by atoms with Gasteiger partial charge in [0.2, 0.25) is 6.41 Å². The molecule has 2 unspecified atom stereocenters. The average Bonchev–Trinajstić information content (AvgIpc) is 3.13. The molecule has 5 heteroatoms. The van der Waals surface area contributed by atoms with E-state index in [0.29, 0.717) is 24.8 Å². The molecule has 3 N–H and O–H groups in total. The highest BCUT2D eigenvalue weighted by Gasteiger charge is 2.33. The Morgan fingerprint density at radius 1 is 1.00 bits per heavy atom. The molecular formula is C29H41N3O2. The van der Waals surface area contributed by atoms with Gasteiger partial charge in [0.15, 0.2) is 0 Å². The first-order valence-corrected chi connectivity index (χ1v) is 12.8. The van der Waals surface area contributed by atoms with Crippen molar-refractivity contribution in [1.29, 1.82) is 0 Å². The molecule has 0 saturated heterocycles. The molecule has 34 heavy (non-hydrogen) atoms. The molecule has 2 atom stereocenters. The van der Waals surface area contributed by atoms with Crippen LogP contribution in [-0.2, 0) is 16.0 Å². The Hall–Kier alpha value is -2.66. The zero-order chi connectivity index (χ0) is 24.4. The van der Waals surface area contributed by atoms with E-state index in [2.05, 4.69) is 79.4 Å². The summed E-state index contributed by atoms with van der Waals surface area (Å²) in [6, 6.07) is 16.2. The standard InChI is InChI=1S/C29H41N3O2/c1-22-27(20-29(2,3)15-9-17-33)26-19-25(13-14-28(26)32-22)24-12-8-11-23(18-24)10-6-4-5-7-16-30-31-21-34/h8,11-14,17-19,21-22,27,30,32H,4-7,9-10,15-16,20H2,1-3H3,(H,31,34). The first kappa shape index (κ1) is 26.0. The summed E-state index contributed by atoms with van der Waals surface area (Å²) in [5.41, 5.74) is 12.1. The van der Waals surface area contributed by atoms with E-state index >= 15 is 0 Å². The number of hydrogen-bond donors (Lipinski definition) is 3. The van der Waals surface area contributed by atoms with Crippen molar-refractivity contribution in [1.82, 2.24) is 10.9 Å². The molecule has 184 valence electrons.